The van der Waals surface area contributed by atoms with Crippen molar-refractivity contribution in [3.63, 3.8) is 0 Å². The van der Waals surface area contributed by atoms with Crippen molar-refractivity contribution in [2.75, 3.05) is 67.1 Å². The summed E-state index contributed by atoms with van der Waals surface area (Å²) in [7, 11) is 5.15. The molecule has 0 radical (unpaired) electrons. The fourth-order valence-corrected chi connectivity index (χ4v) is 2.53. The number of nitrogens with one attached hydrogen (secondary N) is 2. The van der Waals surface area contributed by atoms with Crippen LogP contribution in [0.4, 0.5) is 0 Å². The molecule has 1 fully saturated rings. The number of likely N-dealkylation sites (N-methyl/N-ethyl adjacent to an activating group) is 1. The number of piperidine rings is 1. The van der Waals surface area contributed by atoms with E-state index in [0.717, 1.165) is 25.4 Å². The fraction of sp³-hybridized carbons (Fsp3) is 0.882. The zero-order chi connectivity index (χ0) is 17.8. The smallest absolute Gasteiger partial charge is 0.243 e. The molecule has 1 heterocycles. The van der Waals surface area contributed by atoms with Crippen LogP contribution in [0.15, 0.2) is 4.99 Å². The lowest BCUT2D eigenvalue weighted by molar-refractivity contribution is -0.127. The summed E-state index contributed by atoms with van der Waals surface area (Å²) in [5.74, 6) is 1.54. The van der Waals surface area contributed by atoms with E-state index in [1.807, 2.05) is 0 Å². The normalized spacial score (nSPS) is 16.9. The van der Waals surface area contributed by atoms with Crippen LogP contribution >= 0.6 is 0 Å². The van der Waals surface area contributed by atoms with Gasteiger partial charge in [-0.15, -0.1) is 0 Å². The van der Waals surface area contributed by atoms with Gasteiger partial charge in [0.15, 0.2) is 5.96 Å². The van der Waals surface area contributed by atoms with Gasteiger partial charge in [0.1, 0.15) is 6.54 Å². The van der Waals surface area contributed by atoms with Gasteiger partial charge in [-0.1, -0.05) is 6.92 Å². The Morgan fingerprint density at radius 2 is 1.92 bits per heavy atom. The number of likely N-dealkylation sites (tertiary alicyclic amines) is 1. The summed E-state index contributed by atoms with van der Waals surface area (Å²) in [4.78, 5) is 20.1. The zero-order valence-electron chi connectivity index (χ0n) is 15.8. The Morgan fingerprint density at radius 3 is 2.54 bits per heavy atom. The Hall–Kier alpha value is -1.34. The molecule has 1 aliphatic rings. The lowest BCUT2D eigenvalue weighted by Crippen LogP contribution is -2.41. The first-order valence-electron chi connectivity index (χ1n) is 8.96. The number of guanidine groups is 1. The van der Waals surface area contributed by atoms with Crippen LogP contribution in [0, 0.1) is 5.92 Å². The Balaban J connectivity index is 2.29. The summed E-state index contributed by atoms with van der Waals surface area (Å²) in [5, 5.41) is 6.50. The monoisotopic (exact) mass is 341 g/mol. The molecule has 0 bridgehead atoms. The molecule has 0 unspecified atom stereocenters. The number of aliphatic imine (C=N–C) groups is 1. The first kappa shape index (κ1) is 20.7. The molecule has 7 heteroatoms. The number of methoxy groups -OCH3 is 1. The Morgan fingerprint density at radius 1 is 1.25 bits per heavy atom. The molecule has 140 valence electrons. The highest BCUT2D eigenvalue weighted by Gasteiger charge is 2.14. The fourth-order valence-electron chi connectivity index (χ4n) is 2.53. The number of rotatable bonds is 9. The van der Waals surface area contributed by atoms with Crippen molar-refractivity contribution in [2.24, 2.45) is 10.9 Å². The van der Waals surface area contributed by atoms with Gasteiger partial charge in [0.05, 0.1) is 6.61 Å². The van der Waals surface area contributed by atoms with E-state index < -0.39 is 0 Å². The standard InChI is InChI=1S/C17H35N5O2/c1-15-6-11-22(12-7-15)10-5-8-18-17(19-9-13-24-4)20-14-16(23)21(2)3/h15H,5-14H2,1-4H3,(H2,18,19,20). The Bertz CT molecular complexity index is 379. The predicted octanol–water partition coefficient (Wildman–Crippen LogP) is 0.378. The number of nitrogens with zero attached hydrogens (tertiary/aromatic N) is 3. The number of hydrogen-bond donors (Lipinski definition) is 2. The van der Waals surface area contributed by atoms with Crippen LogP contribution in [0.5, 0.6) is 0 Å². The van der Waals surface area contributed by atoms with Crippen LogP contribution in [-0.2, 0) is 9.53 Å². The molecule has 0 spiro atoms. The van der Waals surface area contributed by atoms with Crippen molar-refractivity contribution in [2.45, 2.75) is 26.2 Å². The molecule has 0 aromatic heterocycles. The van der Waals surface area contributed by atoms with E-state index in [1.165, 1.54) is 25.9 Å². The van der Waals surface area contributed by atoms with E-state index in [1.54, 1.807) is 26.1 Å². The molecule has 24 heavy (non-hydrogen) atoms. The topological polar surface area (TPSA) is 69.2 Å². The number of ether oxygens (including phenoxy) is 1. The summed E-state index contributed by atoms with van der Waals surface area (Å²) in [6.07, 6.45) is 3.69. The first-order chi connectivity index (χ1) is 11.5. The Kier molecular flexibility index (Phi) is 10.4. The molecule has 1 rings (SSSR count). The van der Waals surface area contributed by atoms with Crippen molar-refractivity contribution in [3.05, 3.63) is 0 Å². The third-order valence-corrected chi connectivity index (χ3v) is 4.29. The maximum Gasteiger partial charge on any atom is 0.243 e. The average molecular weight is 342 g/mol. The second kappa shape index (κ2) is 12.1. The van der Waals surface area contributed by atoms with E-state index in [9.17, 15) is 4.79 Å². The summed E-state index contributed by atoms with van der Waals surface area (Å²) in [6.45, 7) is 8.15. The van der Waals surface area contributed by atoms with Gasteiger partial charge < -0.3 is 25.2 Å². The molecule has 0 atom stereocenters. The van der Waals surface area contributed by atoms with Crippen LogP contribution in [0.1, 0.15) is 26.2 Å². The van der Waals surface area contributed by atoms with Crippen molar-refractivity contribution in [1.29, 1.82) is 0 Å². The van der Waals surface area contributed by atoms with Gasteiger partial charge in [0.25, 0.3) is 0 Å². The molecule has 1 saturated heterocycles. The van der Waals surface area contributed by atoms with Crippen LogP contribution in [-0.4, -0.2) is 88.7 Å². The summed E-state index contributed by atoms with van der Waals surface area (Å²) in [5.41, 5.74) is 0. The van der Waals surface area contributed by atoms with E-state index >= 15 is 0 Å². The minimum Gasteiger partial charge on any atom is -0.383 e. The average Bonchev–Trinajstić information content (AvgIpc) is 2.57. The molecule has 0 aromatic carbocycles. The second-order valence-electron chi connectivity index (χ2n) is 6.68. The van der Waals surface area contributed by atoms with Gasteiger partial charge in [-0.25, -0.2) is 4.99 Å². The van der Waals surface area contributed by atoms with E-state index in [-0.39, 0.29) is 12.5 Å². The lowest BCUT2D eigenvalue weighted by atomic mass is 9.99. The molecule has 1 aliphatic heterocycles. The molecular weight excluding hydrogens is 306 g/mol. The van der Waals surface area contributed by atoms with Crippen LogP contribution in [0.25, 0.3) is 0 Å². The molecule has 1 amide bonds. The summed E-state index contributed by atoms with van der Waals surface area (Å²) in [6, 6.07) is 0. The SMILES string of the molecule is COCCNC(=NCC(=O)N(C)C)NCCCN1CCC(C)CC1. The quantitative estimate of drug-likeness (QED) is 0.360. The molecule has 7 nitrogen and oxygen atoms in total. The molecular formula is C17H35N5O2. The van der Waals surface area contributed by atoms with Crippen molar-refractivity contribution < 1.29 is 9.53 Å². The number of carbonyl (C=O) groups is 1. The van der Waals surface area contributed by atoms with Crippen molar-refractivity contribution >= 4 is 11.9 Å². The summed E-state index contributed by atoms with van der Waals surface area (Å²) >= 11 is 0. The molecule has 0 saturated carbocycles. The van der Waals surface area contributed by atoms with Crippen LogP contribution in [0.2, 0.25) is 0 Å². The highest BCUT2D eigenvalue weighted by Crippen LogP contribution is 2.15. The largest absolute Gasteiger partial charge is 0.383 e. The first-order valence-corrected chi connectivity index (χ1v) is 8.96. The third kappa shape index (κ3) is 9.08. The lowest BCUT2D eigenvalue weighted by Gasteiger charge is -2.30. The van der Waals surface area contributed by atoms with Gasteiger partial charge in [-0.2, -0.15) is 0 Å². The highest BCUT2D eigenvalue weighted by molar-refractivity contribution is 5.84. The zero-order valence-corrected chi connectivity index (χ0v) is 15.8. The number of amides is 1. The third-order valence-electron chi connectivity index (χ3n) is 4.29. The predicted molar refractivity (Wildman–Crippen MR) is 98.3 cm³/mol. The van der Waals surface area contributed by atoms with Gasteiger partial charge in [0, 0.05) is 34.3 Å². The van der Waals surface area contributed by atoms with Crippen LogP contribution in [0.3, 0.4) is 0 Å². The number of hydrogen-bond acceptors (Lipinski definition) is 4. The van der Waals surface area contributed by atoms with Crippen LogP contribution < -0.4 is 10.6 Å². The van der Waals surface area contributed by atoms with E-state index in [4.69, 9.17) is 4.74 Å². The molecule has 0 aliphatic carbocycles. The molecule has 2 N–H and O–H groups in total. The van der Waals surface area contributed by atoms with Gasteiger partial charge in [0.2, 0.25) is 5.91 Å². The summed E-state index contributed by atoms with van der Waals surface area (Å²) < 4.78 is 5.04. The minimum atomic E-state index is -0.00900. The minimum absolute atomic E-state index is 0.00900. The highest BCUT2D eigenvalue weighted by atomic mass is 16.5. The van der Waals surface area contributed by atoms with Crippen molar-refractivity contribution in [1.82, 2.24) is 20.4 Å². The van der Waals surface area contributed by atoms with Crippen molar-refractivity contribution in [3.8, 4) is 0 Å². The maximum atomic E-state index is 11.7. The Labute approximate surface area is 146 Å². The number of carbonyl (C=O) groups excluding carboxylic acids is 1. The second-order valence-corrected chi connectivity index (χ2v) is 6.68. The van der Waals surface area contributed by atoms with E-state index in [2.05, 4.69) is 27.4 Å². The van der Waals surface area contributed by atoms with E-state index in [0.29, 0.717) is 19.1 Å². The maximum absolute atomic E-state index is 11.7. The van der Waals surface area contributed by atoms with Gasteiger partial charge >= 0.3 is 0 Å². The molecule has 0 aromatic rings. The van der Waals surface area contributed by atoms with Gasteiger partial charge in [-0.05, 0) is 44.8 Å². The van der Waals surface area contributed by atoms with Gasteiger partial charge in [-0.3, -0.25) is 4.79 Å².